The Kier molecular flexibility index (Phi) is 2.96. The highest BCUT2D eigenvalue weighted by atomic mass is 16.3. The second-order valence-corrected chi connectivity index (χ2v) is 4.68. The number of amides is 1. The minimum atomic E-state index is -0.239. The molecule has 0 atom stereocenters. The molecular weight excluding hydrogens is 216 g/mol. The van der Waals surface area contributed by atoms with Crippen molar-refractivity contribution in [1.29, 1.82) is 0 Å². The molecule has 4 nitrogen and oxygen atoms in total. The summed E-state index contributed by atoms with van der Waals surface area (Å²) in [5.41, 5.74) is 5.98. The van der Waals surface area contributed by atoms with E-state index in [1.54, 1.807) is 18.2 Å². The maximum absolute atomic E-state index is 12.1. The number of nitrogens with one attached hydrogen (secondary N) is 1. The van der Waals surface area contributed by atoms with Crippen LogP contribution < -0.4 is 11.1 Å². The fraction of sp³-hybridized carbons (Fsp3) is 0.462. The van der Waals surface area contributed by atoms with E-state index < -0.39 is 0 Å². The molecule has 0 spiro atoms. The van der Waals surface area contributed by atoms with Gasteiger partial charge in [0.1, 0.15) is 0 Å². The van der Waals surface area contributed by atoms with Crippen LogP contribution >= 0.6 is 0 Å². The minimum absolute atomic E-state index is 0.0753. The number of carbonyl (C=O) groups excluding carboxylic acids is 1. The fourth-order valence-electron chi connectivity index (χ4n) is 2.22. The third kappa shape index (κ3) is 2.07. The van der Waals surface area contributed by atoms with Crippen molar-refractivity contribution in [2.75, 3.05) is 5.73 Å². The largest absolute Gasteiger partial charge is 0.505 e. The summed E-state index contributed by atoms with van der Waals surface area (Å²) in [6.07, 6.45) is 4.09. The van der Waals surface area contributed by atoms with Crippen LogP contribution in [0.1, 0.15) is 43.0 Å². The van der Waals surface area contributed by atoms with Crippen molar-refractivity contribution in [1.82, 2.24) is 5.32 Å². The highest BCUT2D eigenvalue weighted by Gasteiger charge is 2.36. The fourth-order valence-corrected chi connectivity index (χ4v) is 2.22. The van der Waals surface area contributed by atoms with Gasteiger partial charge in [-0.3, -0.25) is 4.79 Å². The number of benzene rings is 1. The molecule has 0 radical (unpaired) electrons. The molecule has 92 valence electrons. The minimum Gasteiger partial charge on any atom is -0.505 e. The molecule has 1 saturated carbocycles. The molecule has 0 heterocycles. The third-order valence-corrected chi connectivity index (χ3v) is 3.68. The van der Waals surface area contributed by atoms with Gasteiger partial charge in [-0.05, 0) is 37.8 Å². The number of phenols is 1. The van der Waals surface area contributed by atoms with Gasteiger partial charge in [-0.25, -0.2) is 0 Å². The van der Waals surface area contributed by atoms with Crippen LogP contribution in [0.2, 0.25) is 0 Å². The van der Waals surface area contributed by atoms with E-state index in [-0.39, 0.29) is 28.4 Å². The van der Waals surface area contributed by atoms with Crippen LogP contribution in [-0.2, 0) is 0 Å². The van der Waals surface area contributed by atoms with Crippen LogP contribution in [0.5, 0.6) is 5.75 Å². The Morgan fingerprint density at radius 1 is 1.53 bits per heavy atom. The Morgan fingerprint density at radius 3 is 2.76 bits per heavy atom. The monoisotopic (exact) mass is 234 g/mol. The lowest BCUT2D eigenvalue weighted by atomic mass is 9.74. The van der Waals surface area contributed by atoms with Crippen molar-refractivity contribution in [2.24, 2.45) is 0 Å². The lowest BCUT2D eigenvalue weighted by Crippen LogP contribution is -2.52. The number of para-hydroxylation sites is 1. The first-order chi connectivity index (χ1) is 8.08. The van der Waals surface area contributed by atoms with Gasteiger partial charge in [0.25, 0.3) is 5.91 Å². The normalized spacial score (nSPS) is 17.2. The van der Waals surface area contributed by atoms with Crippen LogP contribution in [0.4, 0.5) is 5.69 Å². The number of rotatable bonds is 3. The molecule has 0 saturated heterocycles. The van der Waals surface area contributed by atoms with E-state index in [4.69, 9.17) is 5.73 Å². The van der Waals surface area contributed by atoms with E-state index in [9.17, 15) is 9.90 Å². The first-order valence-electron chi connectivity index (χ1n) is 5.98. The molecule has 1 aliphatic carbocycles. The quantitative estimate of drug-likeness (QED) is 0.553. The zero-order valence-corrected chi connectivity index (χ0v) is 9.99. The number of hydrogen-bond acceptors (Lipinski definition) is 3. The van der Waals surface area contributed by atoms with Gasteiger partial charge in [0.05, 0.1) is 11.3 Å². The number of nitrogens with two attached hydrogens (primary N) is 1. The van der Waals surface area contributed by atoms with Crippen molar-refractivity contribution in [2.45, 2.75) is 38.1 Å². The summed E-state index contributed by atoms with van der Waals surface area (Å²) in [6, 6.07) is 4.83. The number of carbonyl (C=O) groups is 1. The van der Waals surface area contributed by atoms with Gasteiger partial charge in [0.2, 0.25) is 0 Å². The molecule has 0 aromatic heterocycles. The topological polar surface area (TPSA) is 75.4 Å². The van der Waals surface area contributed by atoms with Gasteiger partial charge >= 0.3 is 0 Å². The molecule has 17 heavy (non-hydrogen) atoms. The van der Waals surface area contributed by atoms with Gasteiger partial charge in [-0.2, -0.15) is 0 Å². The Bertz CT molecular complexity index is 434. The number of nitrogen functional groups attached to an aromatic ring is 1. The summed E-state index contributed by atoms with van der Waals surface area (Å²) in [5.74, 6) is -0.369. The average molecular weight is 234 g/mol. The van der Waals surface area contributed by atoms with Gasteiger partial charge in [0.15, 0.2) is 5.75 Å². The van der Waals surface area contributed by atoms with Crippen LogP contribution in [0, 0.1) is 0 Å². The van der Waals surface area contributed by atoms with E-state index in [2.05, 4.69) is 12.2 Å². The summed E-state index contributed by atoms with van der Waals surface area (Å²) in [5, 5.41) is 12.8. The molecule has 1 aromatic carbocycles. The lowest BCUT2D eigenvalue weighted by Gasteiger charge is -2.42. The van der Waals surface area contributed by atoms with Gasteiger partial charge in [0, 0.05) is 5.54 Å². The molecule has 1 fully saturated rings. The molecule has 0 unspecified atom stereocenters. The maximum atomic E-state index is 12.1. The van der Waals surface area contributed by atoms with Gasteiger partial charge in [-0.1, -0.05) is 13.0 Å². The Morgan fingerprint density at radius 2 is 2.24 bits per heavy atom. The van der Waals surface area contributed by atoms with Gasteiger partial charge < -0.3 is 16.2 Å². The number of phenolic OH excluding ortho intramolecular Hbond substituents is 1. The molecule has 0 bridgehead atoms. The average Bonchev–Trinajstić information content (AvgIpc) is 2.27. The summed E-state index contributed by atoms with van der Waals surface area (Å²) in [7, 11) is 0. The highest BCUT2D eigenvalue weighted by molar-refractivity contribution is 5.98. The van der Waals surface area contributed by atoms with Crippen LogP contribution in [0.15, 0.2) is 18.2 Å². The van der Waals surface area contributed by atoms with Crippen molar-refractivity contribution in [3.8, 4) is 5.75 Å². The summed E-state index contributed by atoms with van der Waals surface area (Å²) < 4.78 is 0. The van der Waals surface area contributed by atoms with E-state index in [1.807, 2.05) is 0 Å². The molecule has 4 heteroatoms. The van der Waals surface area contributed by atoms with Crippen molar-refractivity contribution >= 4 is 11.6 Å². The summed E-state index contributed by atoms with van der Waals surface area (Å²) in [4.78, 5) is 12.1. The van der Waals surface area contributed by atoms with Crippen molar-refractivity contribution in [3.63, 3.8) is 0 Å². The third-order valence-electron chi connectivity index (χ3n) is 3.68. The van der Waals surface area contributed by atoms with Gasteiger partial charge in [-0.15, -0.1) is 0 Å². The zero-order valence-electron chi connectivity index (χ0n) is 9.99. The Balaban J connectivity index is 2.17. The molecule has 4 N–H and O–H groups in total. The summed E-state index contributed by atoms with van der Waals surface area (Å²) >= 11 is 0. The molecule has 0 aliphatic heterocycles. The van der Waals surface area contributed by atoms with E-state index in [0.717, 1.165) is 25.7 Å². The standard InChI is InChI=1S/C13H18N2O2/c1-2-13(7-4-8-13)15-12(17)9-5-3-6-10(14)11(9)16/h3,5-6,16H,2,4,7-8,14H2,1H3,(H,15,17). The molecule has 1 aliphatic rings. The second-order valence-electron chi connectivity index (χ2n) is 4.68. The Hall–Kier alpha value is -1.71. The SMILES string of the molecule is CCC1(NC(=O)c2cccc(N)c2O)CCC1. The summed E-state index contributed by atoms with van der Waals surface area (Å²) in [6.45, 7) is 2.07. The first-order valence-corrected chi connectivity index (χ1v) is 5.98. The number of anilines is 1. The lowest BCUT2D eigenvalue weighted by molar-refractivity contribution is 0.0818. The number of aromatic hydroxyl groups is 1. The van der Waals surface area contributed by atoms with Crippen molar-refractivity contribution < 1.29 is 9.90 Å². The van der Waals surface area contributed by atoms with E-state index in [0.29, 0.717) is 0 Å². The molecule has 1 aromatic rings. The first kappa shape index (κ1) is 11.8. The smallest absolute Gasteiger partial charge is 0.255 e. The molecule has 2 rings (SSSR count). The van der Waals surface area contributed by atoms with E-state index >= 15 is 0 Å². The maximum Gasteiger partial charge on any atom is 0.255 e. The molecule has 1 amide bonds. The van der Waals surface area contributed by atoms with Crippen molar-refractivity contribution in [3.05, 3.63) is 23.8 Å². The molecular formula is C13H18N2O2. The predicted molar refractivity (Wildman–Crippen MR) is 66.9 cm³/mol. The number of hydrogen-bond donors (Lipinski definition) is 3. The van der Waals surface area contributed by atoms with E-state index in [1.165, 1.54) is 0 Å². The second kappa shape index (κ2) is 4.28. The predicted octanol–water partition coefficient (Wildman–Crippen LogP) is 2.04. The zero-order chi connectivity index (χ0) is 12.5. The van der Waals surface area contributed by atoms with Crippen LogP contribution in [-0.4, -0.2) is 16.6 Å². The van der Waals surface area contributed by atoms with Crippen LogP contribution in [0.3, 0.4) is 0 Å². The highest BCUT2D eigenvalue weighted by Crippen LogP contribution is 2.35. The van der Waals surface area contributed by atoms with Crippen LogP contribution in [0.25, 0.3) is 0 Å². The Labute approximate surface area is 101 Å².